The highest BCUT2D eigenvalue weighted by atomic mass is 35.5. The number of carbonyl (C=O) groups is 1. The number of hydrazone groups is 1. The van der Waals surface area contributed by atoms with Crippen molar-refractivity contribution in [2.75, 3.05) is 14.2 Å². The van der Waals surface area contributed by atoms with Gasteiger partial charge in [-0.1, -0.05) is 41.4 Å². The predicted octanol–water partition coefficient (Wildman–Crippen LogP) is 4.81. The molecule has 0 bridgehead atoms. The Hall–Kier alpha value is -3.75. The van der Waals surface area contributed by atoms with Crippen LogP contribution in [-0.2, 0) is 17.8 Å². The predicted molar refractivity (Wildman–Crippen MR) is 136 cm³/mol. The van der Waals surface area contributed by atoms with Crippen LogP contribution in [0.4, 0.5) is 0 Å². The van der Waals surface area contributed by atoms with Gasteiger partial charge in [0.05, 0.1) is 36.5 Å². The third kappa shape index (κ3) is 5.50. The third-order valence-electron chi connectivity index (χ3n) is 5.30. The molecule has 0 aliphatic carbocycles. The van der Waals surface area contributed by atoms with Crippen molar-refractivity contribution >= 4 is 46.4 Å². The second-order valence-corrected chi connectivity index (χ2v) is 8.43. The first-order valence-corrected chi connectivity index (χ1v) is 11.3. The van der Waals surface area contributed by atoms with Crippen LogP contribution in [0.2, 0.25) is 10.0 Å². The maximum Gasteiger partial charge on any atom is 0.260 e. The van der Waals surface area contributed by atoms with Crippen molar-refractivity contribution in [3.05, 3.63) is 81.6 Å². The number of fused-ring (bicyclic) bond motifs is 1. The number of para-hydroxylation sites is 2. The van der Waals surface area contributed by atoms with Gasteiger partial charge in [-0.05, 0) is 42.0 Å². The Balaban J connectivity index is 1.56. The molecule has 0 unspecified atom stereocenters. The molecule has 0 aliphatic rings. The number of nitrogens with zero attached hydrogens (tertiary/aromatic N) is 3. The first-order valence-electron chi connectivity index (χ1n) is 10.5. The van der Waals surface area contributed by atoms with Crippen LogP contribution in [0, 0.1) is 0 Å². The van der Waals surface area contributed by atoms with E-state index in [9.17, 15) is 9.90 Å². The van der Waals surface area contributed by atoms with Gasteiger partial charge in [0.2, 0.25) is 0 Å². The average Bonchev–Trinajstić information content (AvgIpc) is 3.18. The van der Waals surface area contributed by atoms with Crippen LogP contribution >= 0.6 is 23.2 Å². The van der Waals surface area contributed by atoms with E-state index in [4.69, 9.17) is 37.7 Å². The van der Waals surface area contributed by atoms with Crippen molar-refractivity contribution in [2.45, 2.75) is 13.0 Å². The van der Waals surface area contributed by atoms with Crippen molar-refractivity contribution in [2.24, 2.45) is 5.10 Å². The van der Waals surface area contributed by atoms with Crippen LogP contribution in [0.5, 0.6) is 17.2 Å². The second-order valence-electron chi connectivity index (χ2n) is 7.59. The van der Waals surface area contributed by atoms with E-state index in [1.165, 1.54) is 18.3 Å². The summed E-state index contributed by atoms with van der Waals surface area (Å²) in [6, 6.07) is 16.1. The third-order valence-corrected chi connectivity index (χ3v) is 5.80. The summed E-state index contributed by atoms with van der Waals surface area (Å²) in [5.74, 6) is 1.41. The lowest BCUT2D eigenvalue weighted by atomic mass is 10.1. The largest absolute Gasteiger partial charge is 0.506 e. The standard InChI is InChI=1S/C25H22Cl2N4O4/c1-34-21-8-7-15(9-22(21)35-2)10-23-29-19-5-3-4-6-20(19)31(23)14-24(32)30-28-13-16-11-17(26)12-18(27)25(16)33/h3-9,11-13,33H,10,14H2,1-2H3,(H,30,32)/b28-13+. The fraction of sp³-hybridized carbons (Fsp3) is 0.160. The molecule has 2 N–H and O–H groups in total. The molecule has 0 atom stereocenters. The van der Waals surface area contributed by atoms with Crippen LogP contribution in [0.15, 0.2) is 59.7 Å². The van der Waals surface area contributed by atoms with Crippen LogP contribution in [0.25, 0.3) is 11.0 Å². The van der Waals surface area contributed by atoms with Crippen molar-refractivity contribution in [3.8, 4) is 17.2 Å². The number of imidazole rings is 1. The summed E-state index contributed by atoms with van der Waals surface area (Å²) in [7, 11) is 3.17. The van der Waals surface area contributed by atoms with Gasteiger partial charge in [0.25, 0.3) is 5.91 Å². The molecule has 3 aromatic carbocycles. The van der Waals surface area contributed by atoms with Gasteiger partial charge in [-0.15, -0.1) is 0 Å². The zero-order valence-corrected chi connectivity index (χ0v) is 20.5. The summed E-state index contributed by atoms with van der Waals surface area (Å²) in [4.78, 5) is 17.5. The number of amides is 1. The smallest absolute Gasteiger partial charge is 0.260 e. The second kappa shape index (κ2) is 10.7. The average molecular weight is 513 g/mol. The first kappa shape index (κ1) is 24.4. The van der Waals surface area contributed by atoms with Gasteiger partial charge in [-0.25, -0.2) is 10.4 Å². The lowest BCUT2D eigenvalue weighted by Crippen LogP contribution is -2.24. The summed E-state index contributed by atoms with van der Waals surface area (Å²) in [6.45, 7) is -0.0112. The summed E-state index contributed by atoms with van der Waals surface area (Å²) >= 11 is 11.9. The Bertz CT molecular complexity index is 1420. The van der Waals surface area contributed by atoms with E-state index in [2.05, 4.69) is 10.5 Å². The molecule has 1 heterocycles. The maximum atomic E-state index is 12.7. The van der Waals surface area contributed by atoms with Crippen LogP contribution in [-0.4, -0.2) is 41.0 Å². The molecule has 0 spiro atoms. The number of methoxy groups -OCH3 is 2. The zero-order valence-electron chi connectivity index (χ0n) is 19.0. The van der Waals surface area contributed by atoms with Gasteiger partial charge in [0.15, 0.2) is 11.5 Å². The number of phenols is 1. The molecule has 1 amide bonds. The Morgan fingerprint density at radius 3 is 2.66 bits per heavy atom. The normalized spacial score (nSPS) is 11.2. The van der Waals surface area contributed by atoms with Crippen LogP contribution in [0.3, 0.4) is 0 Å². The molecule has 0 radical (unpaired) electrons. The van der Waals surface area contributed by atoms with Gasteiger partial charge in [-0.2, -0.15) is 5.10 Å². The SMILES string of the molecule is COc1ccc(Cc2nc3ccccc3n2CC(=O)N/N=C/c2cc(Cl)cc(Cl)c2O)cc1OC. The number of rotatable bonds is 8. The summed E-state index contributed by atoms with van der Waals surface area (Å²) in [5, 5.41) is 14.4. The van der Waals surface area contributed by atoms with E-state index in [0.717, 1.165) is 16.6 Å². The molecule has 4 aromatic rings. The summed E-state index contributed by atoms with van der Waals surface area (Å²) in [6.07, 6.45) is 1.75. The van der Waals surface area contributed by atoms with Gasteiger partial charge in [0.1, 0.15) is 18.1 Å². The number of aromatic hydroxyl groups is 1. The molecule has 1 aromatic heterocycles. The quantitative estimate of drug-likeness (QED) is 0.261. The number of benzene rings is 3. The monoisotopic (exact) mass is 512 g/mol. The van der Waals surface area contributed by atoms with Gasteiger partial charge >= 0.3 is 0 Å². The maximum absolute atomic E-state index is 12.7. The number of hydrogen-bond acceptors (Lipinski definition) is 6. The summed E-state index contributed by atoms with van der Waals surface area (Å²) in [5.41, 5.74) is 5.30. The number of carbonyl (C=O) groups excluding carboxylic acids is 1. The topological polar surface area (TPSA) is 98.0 Å². The molecule has 180 valence electrons. The molecule has 8 nitrogen and oxygen atoms in total. The minimum absolute atomic E-state index is 0.0112. The van der Waals surface area contributed by atoms with E-state index >= 15 is 0 Å². The lowest BCUT2D eigenvalue weighted by Gasteiger charge is -2.11. The fourth-order valence-corrected chi connectivity index (χ4v) is 4.16. The van der Waals surface area contributed by atoms with Crippen molar-refractivity contribution in [1.29, 1.82) is 0 Å². The molecule has 35 heavy (non-hydrogen) atoms. The number of aromatic nitrogens is 2. The first-order chi connectivity index (χ1) is 16.9. The fourth-order valence-electron chi connectivity index (χ4n) is 3.65. The molecule has 0 aliphatic heterocycles. The minimum atomic E-state index is -0.370. The van der Waals surface area contributed by atoms with E-state index in [1.54, 1.807) is 14.2 Å². The molecular weight excluding hydrogens is 491 g/mol. The van der Waals surface area contributed by atoms with Gasteiger partial charge in [0, 0.05) is 17.0 Å². The number of halogens is 2. The lowest BCUT2D eigenvalue weighted by molar-refractivity contribution is -0.121. The van der Waals surface area contributed by atoms with E-state index < -0.39 is 0 Å². The van der Waals surface area contributed by atoms with Crippen molar-refractivity contribution in [1.82, 2.24) is 15.0 Å². The highest BCUT2D eigenvalue weighted by molar-refractivity contribution is 6.36. The molecule has 0 saturated heterocycles. The van der Waals surface area contributed by atoms with Crippen molar-refractivity contribution < 1.29 is 19.4 Å². The van der Waals surface area contributed by atoms with Crippen LogP contribution in [0.1, 0.15) is 17.0 Å². The zero-order chi connectivity index (χ0) is 24.9. The molecule has 0 fully saturated rings. The van der Waals surface area contributed by atoms with Crippen molar-refractivity contribution in [3.63, 3.8) is 0 Å². The number of nitrogens with one attached hydrogen (secondary N) is 1. The highest BCUT2D eigenvalue weighted by Gasteiger charge is 2.15. The van der Waals surface area contributed by atoms with E-state index in [0.29, 0.717) is 28.8 Å². The van der Waals surface area contributed by atoms with E-state index in [-0.39, 0.29) is 28.8 Å². The van der Waals surface area contributed by atoms with Gasteiger partial charge < -0.3 is 19.1 Å². The molecule has 4 rings (SSSR count). The molecule has 10 heteroatoms. The number of phenolic OH excluding ortho intramolecular Hbond substituents is 1. The Morgan fingerprint density at radius 1 is 1.11 bits per heavy atom. The highest BCUT2D eigenvalue weighted by Crippen LogP contribution is 2.30. The number of ether oxygens (including phenoxy) is 2. The van der Waals surface area contributed by atoms with Gasteiger partial charge in [-0.3, -0.25) is 4.79 Å². The summed E-state index contributed by atoms with van der Waals surface area (Å²) < 4.78 is 12.6. The number of hydrogen-bond donors (Lipinski definition) is 2. The van der Waals surface area contributed by atoms with E-state index in [1.807, 2.05) is 47.0 Å². The molecule has 0 saturated carbocycles. The molecular formula is C25H22Cl2N4O4. The van der Waals surface area contributed by atoms with Crippen LogP contribution < -0.4 is 14.9 Å². The minimum Gasteiger partial charge on any atom is -0.506 e. The Labute approximate surface area is 211 Å². The Kier molecular flexibility index (Phi) is 7.43. The Morgan fingerprint density at radius 2 is 1.89 bits per heavy atom.